The number of hydrogen-bond acceptors (Lipinski definition) is 2. The van der Waals surface area contributed by atoms with E-state index < -0.39 is 18.6 Å². The molecule has 0 unspecified atom stereocenters. The van der Waals surface area contributed by atoms with Crippen molar-refractivity contribution < 1.29 is 18.0 Å². The Morgan fingerprint density at radius 3 is 2.50 bits per heavy atom. The number of alkyl halides is 3. The first-order valence-electron chi connectivity index (χ1n) is 5.23. The van der Waals surface area contributed by atoms with Gasteiger partial charge >= 0.3 is 6.18 Å². The van der Waals surface area contributed by atoms with Crippen molar-refractivity contribution in [2.45, 2.75) is 20.0 Å². The number of aromatic nitrogens is 2. The molecule has 1 aromatic rings. The highest BCUT2D eigenvalue weighted by Gasteiger charge is 2.27. The Morgan fingerprint density at radius 1 is 1.44 bits per heavy atom. The molecule has 0 aromatic carbocycles. The number of carbonyl (C=O) groups is 1. The average molecular weight is 261 g/mol. The second-order valence-corrected chi connectivity index (χ2v) is 3.87. The summed E-state index contributed by atoms with van der Waals surface area (Å²) < 4.78 is 37.2. The molecule has 18 heavy (non-hydrogen) atoms. The van der Waals surface area contributed by atoms with Gasteiger partial charge in [0, 0.05) is 24.4 Å². The van der Waals surface area contributed by atoms with Gasteiger partial charge in [-0.05, 0) is 19.9 Å². The van der Waals surface area contributed by atoms with Crippen molar-refractivity contribution in [2.75, 3.05) is 6.54 Å². The molecule has 0 aliphatic heterocycles. The first kappa shape index (κ1) is 14.3. The minimum atomic E-state index is -4.40. The maximum absolute atomic E-state index is 11.9. The Bertz CT molecular complexity index is 475. The summed E-state index contributed by atoms with van der Waals surface area (Å²) in [7, 11) is 1.75. The summed E-state index contributed by atoms with van der Waals surface area (Å²) in [6.07, 6.45) is -1.87. The second-order valence-electron chi connectivity index (χ2n) is 3.87. The van der Waals surface area contributed by atoms with Crippen molar-refractivity contribution in [1.29, 1.82) is 0 Å². The number of carbonyl (C=O) groups excluding carboxylic acids is 1. The Labute approximate surface area is 102 Å². The van der Waals surface area contributed by atoms with Crippen LogP contribution in [0.25, 0.3) is 6.08 Å². The van der Waals surface area contributed by atoms with Gasteiger partial charge in [-0.3, -0.25) is 9.48 Å². The number of nitrogens with zero attached hydrogens (tertiary/aromatic N) is 2. The van der Waals surface area contributed by atoms with Crippen molar-refractivity contribution in [2.24, 2.45) is 7.05 Å². The zero-order valence-electron chi connectivity index (χ0n) is 10.3. The molecule has 1 rings (SSSR count). The molecular weight excluding hydrogens is 247 g/mol. The van der Waals surface area contributed by atoms with E-state index in [0.29, 0.717) is 0 Å². The van der Waals surface area contributed by atoms with Crippen molar-refractivity contribution in [3.05, 3.63) is 23.0 Å². The SMILES string of the molecule is Cc1nn(C)c(C)c1/C=C/C(=O)NCC(F)(F)F. The minimum Gasteiger partial charge on any atom is -0.343 e. The quantitative estimate of drug-likeness (QED) is 0.842. The molecular formula is C11H14F3N3O. The van der Waals surface area contributed by atoms with Gasteiger partial charge in [-0.1, -0.05) is 0 Å². The summed E-state index contributed by atoms with van der Waals surface area (Å²) in [5.74, 6) is -0.782. The van der Waals surface area contributed by atoms with Gasteiger partial charge in [0.1, 0.15) is 6.54 Å². The monoisotopic (exact) mass is 261 g/mol. The number of hydrogen-bond donors (Lipinski definition) is 1. The highest BCUT2D eigenvalue weighted by molar-refractivity contribution is 5.92. The molecule has 0 saturated heterocycles. The fourth-order valence-electron chi connectivity index (χ4n) is 1.44. The predicted octanol–water partition coefficient (Wildman–Crippen LogP) is 1.73. The standard InChI is InChI=1S/C11H14F3N3O/c1-7-9(8(2)17(3)16-7)4-5-10(18)15-6-11(12,13)14/h4-5H,6H2,1-3H3,(H,15,18)/b5-4+. The van der Waals surface area contributed by atoms with E-state index in [1.807, 2.05) is 6.92 Å². The van der Waals surface area contributed by atoms with E-state index in [-0.39, 0.29) is 0 Å². The molecule has 1 aromatic heterocycles. The van der Waals surface area contributed by atoms with Crippen LogP contribution >= 0.6 is 0 Å². The fourth-order valence-corrected chi connectivity index (χ4v) is 1.44. The Morgan fingerprint density at radius 2 is 2.06 bits per heavy atom. The lowest BCUT2D eigenvalue weighted by molar-refractivity contribution is -0.135. The minimum absolute atomic E-state index is 0.717. The number of halogens is 3. The molecule has 1 amide bonds. The maximum atomic E-state index is 11.9. The normalized spacial score (nSPS) is 12.1. The zero-order valence-corrected chi connectivity index (χ0v) is 10.3. The first-order valence-corrected chi connectivity index (χ1v) is 5.23. The van der Waals surface area contributed by atoms with Gasteiger partial charge < -0.3 is 5.32 Å². The van der Waals surface area contributed by atoms with E-state index >= 15 is 0 Å². The van der Waals surface area contributed by atoms with Gasteiger partial charge in [0.05, 0.1) is 5.69 Å². The van der Waals surface area contributed by atoms with Gasteiger partial charge in [-0.2, -0.15) is 18.3 Å². The number of aryl methyl sites for hydroxylation is 2. The largest absolute Gasteiger partial charge is 0.405 e. The third kappa shape index (κ3) is 3.90. The topological polar surface area (TPSA) is 46.9 Å². The third-order valence-corrected chi connectivity index (χ3v) is 2.43. The van der Waals surface area contributed by atoms with E-state index in [0.717, 1.165) is 23.0 Å². The number of rotatable bonds is 3. The van der Waals surface area contributed by atoms with Gasteiger partial charge in [0.2, 0.25) is 5.91 Å². The molecule has 0 atom stereocenters. The third-order valence-electron chi connectivity index (χ3n) is 2.43. The molecule has 0 aliphatic carbocycles. The van der Waals surface area contributed by atoms with Crippen LogP contribution in [0.5, 0.6) is 0 Å². The maximum Gasteiger partial charge on any atom is 0.405 e. The lowest BCUT2D eigenvalue weighted by atomic mass is 10.2. The lowest BCUT2D eigenvalue weighted by Crippen LogP contribution is -2.32. The number of amides is 1. The van der Waals surface area contributed by atoms with E-state index in [2.05, 4.69) is 5.10 Å². The molecule has 0 aliphatic rings. The summed E-state index contributed by atoms with van der Waals surface area (Å²) in [6.45, 7) is 2.24. The summed E-state index contributed by atoms with van der Waals surface area (Å²) in [5.41, 5.74) is 2.29. The summed E-state index contributed by atoms with van der Waals surface area (Å²) in [4.78, 5) is 11.2. The van der Waals surface area contributed by atoms with Crippen molar-refractivity contribution in [3.63, 3.8) is 0 Å². The lowest BCUT2D eigenvalue weighted by Gasteiger charge is -2.05. The fraction of sp³-hybridized carbons (Fsp3) is 0.455. The zero-order chi connectivity index (χ0) is 13.9. The molecule has 4 nitrogen and oxygen atoms in total. The van der Waals surface area contributed by atoms with Crippen LogP contribution in [0.2, 0.25) is 0 Å². The van der Waals surface area contributed by atoms with Gasteiger partial charge in [0.15, 0.2) is 0 Å². The van der Waals surface area contributed by atoms with Crippen LogP contribution < -0.4 is 5.32 Å². The molecule has 1 heterocycles. The van der Waals surface area contributed by atoms with E-state index in [9.17, 15) is 18.0 Å². The van der Waals surface area contributed by atoms with Crippen LogP contribution in [-0.2, 0) is 11.8 Å². The number of nitrogens with one attached hydrogen (secondary N) is 1. The van der Waals surface area contributed by atoms with Crippen LogP contribution in [0, 0.1) is 13.8 Å². The molecule has 0 bridgehead atoms. The highest BCUT2D eigenvalue weighted by Crippen LogP contribution is 2.14. The average Bonchev–Trinajstić information content (AvgIpc) is 2.47. The van der Waals surface area contributed by atoms with Crippen LogP contribution in [0.1, 0.15) is 17.0 Å². The Kier molecular flexibility index (Phi) is 4.15. The van der Waals surface area contributed by atoms with E-state index in [1.165, 1.54) is 6.08 Å². The molecule has 0 saturated carbocycles. The summed E-state index contributed by atoms with van der Waals surface area (Å²) in [6, 6.07) is 0. The molecule has 0 spiro atoms. The van der Waals surface area contributed by atoms with Crippen molar-refractivity contribution in [3.8, 4) is 0 Å². The predicted molar refractivity (Wildman–Crippen MR) is 60.8 cm³/mol. The van der Waals surface area contributed by atoms with Crippen LogP contribution in [0.4, 0.5) is 13.2 Å². The van der Waals surface area contributed by atoms with E-state index in [4.69, 9.17) is 0 Å². The van der Waals surface area contributed by atoms with Crippen LogP contribution in [-0.4, -0.2) is 28.4 Å². The van der Waals surface area contributed by atoms with Crippen LogP contribution in [0.3, 0.4) is 0 Å². The van der Waals surface area contributed by atoms with Crippen molar-refractivity contribution >= 4 is 12.0 Å². The molecule has 7 heteroatoms. The molecule has 100 valence electrons. The Hall–Kier alpha value is -1.79. The smallest absolute Gasteiger partial charge is 0.343 e. The molecule has 0 fully saturated rings. The Balaban J connectivity index is 2.67. The molecule has 1 N–H and O–H groups in total. The van der Waals surface area contributed by atoms with E-state index in [1.54, 1.807) is 24.0 Å². The van der Waals surface area contributed by atoms with Gasteiger partial charge in [-0.25, -0.2) is 0 Å². The summed E-state index contributed by atoms with van der Waals surface area (Å²) >= 11 is 0. The van der Waals surface area contributed by atoms with Gasteiger partial charge in [-0.15, -0.1) is 0 Å². The van der Waals surface area contributed by atoms with Gasteiger partial charge in [0.25, 0.3) is 0 Å². The summed E-state index contributed by atoms with van der Waals surface area (Å²) in [5, 5.41) is 5.89. The van der Waals surface area contributed by atoms with Crippen molar-refractivity contribution in [1.82, 2.24) is 15.1 Å². The molecule has 0 radical (unpaired) electrons. The second kappa shape index (κ2) is 5.24. The first-order chi connectivity index (χ1) is 8.20. The van der Waals surface area contributed by atoms with Crippen LogP contribution in [0.15, 0.2) is 6.08 Å². The highest BCUT2D eigenvalue weighted by atomic mass is 19.4.